The predicted octanol–water partition coefficient (Wildman–Crippen LogP) is 4.02. The van der Waals surface area contributed by atoms with Gasteiger partial charge in [-0.05, 0) is 37.6 Å². The summed E-state index contributed by atoms with van der Waals surface area (Å²) >= 11 is 5.77. The maximum absolute atomic E-state index is 13.6. The Balaban J connectivity index is 2.09. The largest absolute Gasteiger partial charge is 0.481 e. The van der Waals surface area contributed by atoms with Crippen molar-refractivity contribution in [2.75, 3.05) is 23.4 Å². The van der Waals surface area contributed by atoms with E-state index in [2.05, 4.69) is 4.98 Å². The standard InChI is InChI=1S/C21H17ClF4N4O3/c1-10-5-14(21(24,25)26)13(8-27)18(28-10)30-9-11(20(32)33)6-17(30)19(31)29(2)12-3-4-16(23)15(22)7-12/h3-5,7,11,17H,6,9H2,1-2H3,(H,32,33)/t11-,17-/m0/s1. The van der Waals surface area contributed by atoms with E-state index in [9.17, 15) is 37.5 Å². The first-order chi connectivity index (χ1) is 15.3. The van der Waals surface area contributed by atoms with Crippen molar-refractivity contribution in [2.24, 2.45) is 5.92 Å². The Kier molecular flexibility index (Phi) is 6.51. The van der Waals surface area contributed by atoms with Crippen molar-refractivity contribution < 1.29 is 32.3 Å². The number of aryl methyl sites for hydroxylation is 1. The van der Waals surface area contributed by atoms with Gasteiger partial charge in [0.05, 0.1) is 16.5 Å². The Labute approximate surface area is 190 Å². The van der Waals surface area contributed by atoms with E-state index in [4.69, 9.17) is 11.6 Å². The lowest BCUT2D eigenvalue weighted by atomic mass is 10.0. The number of pyridine rings is 1. The highest BCUT2D eigenvalue weighted by Crippen LogP contribution is 2.39. The molecule has 0 saturated carbocycles. The highest BCUT2D eigenvalue weighted by molar-refractivity contribution is 6.31. The van der Waals surface area contributed by atoms with Crippen LogP contribution in [0.5, 0.6) is 0 Å². The molecule has 0 aliphatic carbocycles. The predicted molar refractivity (Wildman–Crippen MR) is 110 cm³/mol. The minimum atomic E-state index is -4.86. The molecule has 174 valence electrons. The number of carbonyl (C=O) groups excluding carboxylic acids is 1. The second kappa shape index (κ2) is 8.86. The molecule has 0 radical (unpaired) electrons. The zero-order chi connectivity index (χ0) is 24.7. The minimum Gasteiger partial charge on any atom is -0.481 e. The zero-order valence-corrected chi connectivity index (χ0v) is 18.1. The number of aliphatic carboxylic acids is 1. The van der Waals surface area contributed by atoms with Crippen LogP contribution < -0.4 is 9.80 Å². The molecule has 1 aromatic carbocycles. The number of halogens is 5. The lowest BCUT2D eigenvalue weighted by Gasteiger charge is -2.30. The summed E-state index contributed by atoms with van der Waals surface area (Å²) in [6, 6.07) is 4.49. The molecule has 0 bridgehead atoms. The summed E-state index contributed by atoms with van der Waals surface area (Å²) in [4.78, 5) is 31.2. The van der Waals surface area contributed by atoms with E-state index in [0.717, 1.165) is 21.9 Å². The van der Waals surface area contributed by atoms with Crippen LogP contribution in [-0.2, 0) is 15.8 Å². The fourth-order valence-electron chi connectivity index (χ4n) is 3.73. The summed E-state index contributed by atoms with van der Waals surface area (Å²) in [6.45, 7) is 0.973. The Bertz CT molecular complexity index is 1170. The molecule has 1 N–H and O–H groups in total. The van der Waals surface area contributed by atoms with Gasteiger partial charge in [-0.15, -0.1) is 0 Å². The number of nitrogens with zero attached hydrogens (tertiary/aromatic N) is 4. The molecule has 2 heterocycles. The second-order valence-corrected chi connectivity index (χ2v) is 7.96. The van der Waals surface area contributed by atoms with Gasteiger partial charge in [0.2, 0.25) is 5.91 Å². The number of benzene rings is 1. The normalized spacial score (nSPS) is 18.2. The third kappa shape index (κ3) is 4.71. The monoisotopic (exact) mass is 484 g/mol. The van der Waals surface area contributed by atoms with Gasteiger partial charge >= 0.3 is 12.1 Å². The smallest absolute Gasteiger partial charge is 0.417 e. The van der Waals surface area contributed by atoms with Crippen molar-refractivity contribution >= 4 is 35.0 Å². The third-order valence-corrected chi connectivity index (χ3v) is 5.66. The number of nitriles is 1. The third-order valence-electron chi connectivity index (χ3n) is 5.37. The molecule has 0 spiro atoms. The number of hydrogen-bond donors (Lipinski definition) is 1. The molecular formula is C21H17ClF4N4O3. The van der Waals surface area contributed by atoms with Crippen LogP contribution in [0.15, 0.2) is 24.3 Å². The highest BCUT2D eigenvalue weighted by atomic mass is 35.5. The molecular weight excluding hydrogens is 468 g/mol. The minimum absolute atomic E-state index is 0.0556. The van der Waals surface area contributed by atoms with E-state index >= 15 is 0 Å². The van der Waals surface area contributed by atoms with Crippen molar-refractivity contribution in [3.8, 4) is 6.07 Å². The van der Waals surface area contributed by atoms with Gasteiger partial charge in [0, 0.05) is 25.0 Å². The van der Waals surface area contributed by atoms with E-state index in [1.54, 1.807) is 0 Å². The topological polar surface area (TPSA) is 97.5 Å². The first kappa shape index (κ1) is 24.3. The Hall–Kier alpha value is -3.39. The summed E-state index contributed by atoms with van der Waals surface area (Å²) in [5.74, 6) is -4.14. The Morgan fingerprint density at radius 2 is 2.00 bits per heavy atom. The maximum atomic E-state index is 13.6. The van der Waals surface area contributed by atoms with Gasteiger partial charge in [-0.2, -0.15) is 18.4 Å². The molecule has 1 fully saturated rings. The van der Waals surface area contributed by atoms with E-state index in [0.29, 0.717) is 0 Å². The van der Waals surface area contributed by atoms with Crippen LogP contribution in [0.25, 0.3) is 0 Å². The van der Waals surface area contributed by atoms with Crippen molar-refractivity contribution in [3.05, 3.63) is 51.9 Å². The number of likely N-dealkylation sites (N-methyl/N-ethyl adjacent to an activating group) is 1. The average molecular weight is 485 g/mol. The number of anilines is 2. The van der Waals surface area contributed by atoms with Gasteiger partial charge in [-0.25, -0.2) is 9.37 Å². The van der Waals surface area contributed by atoms with E-state index in [1.807, 2.05) is 0 Å². The lowest BCUT2D eigenvalue weighted by molar-refractivity contribution is -0.141. The lowest BCUT2D eigenvalue weighted by Crippen LogP contribution is -2.45. The van der Waals surface area contributed by atoms with Crippen molar-refractivity contribution in [1.29, 1.82) is 5.26 Å². The number of carboxylic acids is 1. The van der Waals surface area contributed by atoms with Crippen LogP contribution in [0.1, 0.15) is 23.2 Å². The fraction of sp³-hybridized carbons (Fsp3) is 0.333. The van der Waals surface area contributed by atoms with Crippen LogP contribution in [-0.4, -0.2) is 41.6 Å². The molecule has 7 nitrogen and oxygen atoms in total. The number of amides is 1. The van der Waals surface area contributed by atoms with Gasteiger partial charge in [0.25, 0.3) is 0 Å². The summed E-state index contributed by atoms with van der Waals surface area (Å²) in [6.07, 6.45) is -5.09. The average Bonchev–Trinajstić information content (AvgIpc) is 3.19. The number of carbonyl (C=O) groups is 2. The zero-order valence-electron chi connectivity index (χ0n) is 17.3. The summed E-state index contributed by atoms with van der Waals surface area (Å²) in [5, 5.41) is 18.7. The number of hydrogen-bond acceptors (Lipinski definition) is 5. The summed E-state index contributed by atoms with van der Waals surface area (Å²) < 4.78 is 54.2. The second-order valence-electron chi connectivity index (χ2n) is 7.55. The summed E-state index contributed by atoms with van der Waals surface area (Å²) in [7, 11) is 1.34. The quantitative estimate of drug-likeness (QED) is 0.658. The number of rotatable bonds is 4. The van der Waals surface area contributed by atoms with E-state index in [-0.39, 0.29) is 29.4 Å². The molecule has 1 amide bonds. The van der Waals surface area contributed by atoms with Gasteiger partial charge < -0.3 is 14.9 Å². The highest BCUT2D eigenvalue weighted by Gasteiger charge is 2.45. The van der Waals surface area contributed by atoms with Gasteiger partial charge in [-0.3, -0.25) is 9.59 Å². The molecule has 1 aromatic heterocycles. The number of carboxylic acid groups (broad SMARTS) is 1. The maximum Gasteiger partial charge on any atom is 0.417 e. The van der Waals surface area contributed by atoms with Crippen molar-refractivity contribution in [1.82, 2.24) is 4.98 Å². The van der Waals surface area contributed by atoms with Gasteiger partial charge in [0.15, 0.2) is 0 Å². The number of alkyl halides is 3. The molecule has 1 aliphatic heterocycles. The molecule has 3 rings (SSSR count). The van der Waals surface area contributed by atoms with Crippen LogP contribution in [0.4, 0.5) is 29.1 Å². The molecule has 2 aromatic rings. The first-order valence-electron chi connectivity index (χ1n) is 9.56. The molecule has 12 heteroatoms. The Morgan fingerprint density at radius 3 is 2.55 bits per heavy atom. The number of aromatic nitrogens is 1. The molecule has 1 aliphatic rings. The van der Waals surface area contributed by atoms with Crippen LogP contribution in [0.2, 0.25) is 5.02 Å². The van der Waals surface area contributed by atoms with Crippen molar-refractivity contribution in [2.45, 2.75) is 25.6 Å². The van der Waals surface area contributed by atoms with Crippen LogP contribution in [0.3, 0.4) is 0 Å². The first-order valence-corrected chi connectivity index (χ1v) is 9.94. The van der Waals surface area contributed by atoms with Crippen LogP contribution >= 0.6 is 11.6 Å². The SMILES string of the molecule is Cc1cc(C(F)(F)F)c(C#N)c(N2C[C@@H](C(=O)O)C[C@H]2C(=O)N(C)c2ccc(F)c(Cl)c2)n1. The molecule has 0 unspecified atom stereocenters. The van der Waals surface area contributed by atoms with Crippen LogP contribution in [0, 0.1) is 30.0 Å². The van der Waals surface area contributed by atoms with Crippen molar-refractivity contribution in [3.63, 3.8) is 0 Å². The van der Waals surface area contributed by atoms with E-state index in [1.165, 1.54) is 32.2 Å². The molecule has 2 atom stereocenters. The van der Waals surface area contributed by atoms with E-state index < -0.39 is 52.8 Å². The Morgan fingerprint density at radius 1 is 1.33 bits per heavy atom. The summed E-state index contributed by atoms with van der Waals surface area (Å²) in [5.41, 5.74) is -1.89. The molecule has 1 saturated heterocycles. The van der Waals surface area contributed by atoms with Gasteiger partial charge in [-0.1, -0.05) is 11.6 Å². The van der Waals surface area contributed by atoms with Gasteiger partial charge in [0.1, 0.15) is 29.3 Å². The molecule has 33 heavy (non-hydrogen) atoms. The fourth-order valence-corrected chi connectivity index (χ4v) is 3.90.